The molecule has 2 rings (SSSR count). The minimum atomic E-state index is -3.96. The zero-order chi connectivity index (χ0) is 21.6. The van der Waals surface area contributed by atoms with Crippen molar-refractivity contribution in [1.29, 1.82) is 0 Å². The molecule has 0 aliphatic rings. The molecule has 0 unspecified atom stereocenters. The number of halogens is 2. The van der Waals surface area contributed by atoms with Gasteiger partial charge in [-0.1, -0.05) is 37.0 Å². The summed E-state index contributed by atoms with van der Waals surface area (Å²) in [5, 5.41) is 2.27. The number of esters is 1. The molecule has 0 bridgehead atoms. The third kappa shape index (κ3) is 6.74. The molecule has 0 saturated carbocycles. The number of sulfonamides is 1. The van der Waals surface area contributed by atoms with Gasteiger partial charge in [-0.15, -0.1) is 0 Å². The maximum Gasteiger partial charge on any atom is 0.340 e. The van der Waals surface area contributed by atoms with Crippen molar-refractivity contribution in [2.75, 3.05) is 13.2 Å². The average Bonchev–Trinajstić information content (AvgIpc) is 3.16. The smallest absolute Gasteiger partial charge is 0.340 e. The normalized spacial score (nSPS) is 11.5. The maximum atomic E-state index is 12.4. The Kier molecular flexibility index (Phi) is 8.09. The molecule has 0 spiro atoms. The minimum absolute atomic E-state index is 0.0694. The number of benzene rings is 1. The first-order valence-electron chi connectivity index (χ1n) is 8.55. The number of furan rings is 1. The van der Waals surface area contributed by atoms with Crippen LogP contribution in [-0.4, -0.2) is 33.4 Å². The van der Waals surface area contributed by atoms with Crippen LogP contribution in [0.2, 0.25) is 10.0 Å². The molecule has 1 aromatic heterocycles. The summed E-state index contributed by atoms with van der Waals surface area (Å²) in [6.07, 6.45) is 1.46. The van der Waals surface area contributed by atoms with Crippen molar-refractivity contribution in [3.63, 3.8) is 0 Å². The lowest BCUT2D eigenvalue weighted by atomic mass is 10.2. The standard InChI is InChI=1S/C18H20Cl2N2O6S/c1-11(2)8-22-29(25,26)16-6-13(14(19)7-15(16)20)18(24)28-10-17(23)21-9-12-4-3-5-27-12/h3-7,11,22H,8-10H2,1-2H3,(H,21,23). The van der Waals surface area contributed by atoms with E-state index in [9.17, 15) is 18.0 Å². The molecule has 0 aliphatic carbocycles. The van der Waals surface area contributed by atoms with E-state index in [0.717, 1.165) is 12.1 Å². The molecule has 2 aromatic rings. The van der Waals surface area contributed by atoms with E-state index in [4.69, 9.17) is 32.4 Å². The average molecular weight is 463 g/mol. The van der Waals surface area contributed by atoms with Gasteiger partial charge in [0.2, 0.25) is 10.0 Å². The number of nitrogens with one attached hydrogen (secondary N) is 2. The Morgan fingerprint density at radius 1 is 1.21 bits per heavy atom. The zero-order valence-electron chi connectivity index (χ0n) is 15.7. The monoisotopic (exact) mass is 462 g/mol. The van der Waals surface area contributed by atoms with E-state index in [1.807, 2.05) is 13.8 Å². The highest BCUT2D eigenvalue weighted by Gasteiger charge is 2.23. The zero-order valence-corrected chi connectivity index (χ0v) is 18.0. The fourth-order valence-electron chi connectivity index (χ4n) is 2.10. The Morgan fingerprint density at radius 3 is 2.55 bits per heavy atom. The van der Waals surface area contributed by atoms with Crippen molar-refractivity contribution in [2.45, 2.75) is 25.3 Å². The SMILES string of the molecule is CC(C)CNS(=O)(=O)c1cc(C(=O)OCC(=O)NCc2ccco2)c(Cl)cc1Cl. The highest BCUT2D eigenvalue weighted by atomic mass is 35.5. The predicted molar refractivity (Wildman–Crippen MR) is 107 cm³/mol. The van der Waals surface area contributed by atoms with Gasteiger partial charge in [-0.05, 0) is 30.2 Å². The van der Waals surface area contributed by atoms with Gasteiger partial charge in [-0.25, -0.2) is 17.9 Å². The molecule has 0 aliphatic heterocycles. The molecule has 29 heavy (non-hydrogen) atoms. The Hall–Kier alpha value is -2.07. The van der Waals surface area contributed by atoms with Gasteiger partial charge in [0.15, 0.2) is 6.61 Å². The van der Waals surface area contributed by atoms with Crippen molar-refractivity contribution in [3.05, 3.63) is 51.9 Å². The molecule has 11 heteroatoms. The summed E-state index contributed by atoms with van der Waals surface area (Å²) in [6.45, 7) is 3.43. The van der Waals surface area contributed by atoms with Crippen LogP contribution in [0.4, 0.5) is 0 Å². The minimum Gasteiger partial charge on any atom is -0.467 e. The van der Waals surface area contributed by atoms with Gasteiger partial charge in [0, 0.05) is 6.54 Å². The predicted octanol–water partition coefficient (Wildman–Crippen LogP) is 2.99. The molecule has 1 amide bonds. The first kappa shape index (κ1) is 23.2. The summed E-state index contributed by atoms with van der Waals surface area (Å²) < 4.78 is 37.3. The number of carbonyl (C=O) groups excluding carboxylic acids is 2. The van der Waals surface area contributed by atoms with Gasteiger partial charge in [-0.2, -0.15) is 0 Å². The molecule has 1 heterocycles. The van der Waals surface area contributed by atoms with Crippen molar-refractivity contribution < 1.29 is 27.2 Å². The van der Waals surface area contributed by atoms with Gasteiger partial charge in [0.1, 0.15) is 10.7 Å². The van der Waals surface area contributed by atoms with E-state index in [-0.39, 0.29) is 39.5 Å². The molecule has 1 aromatic carbocycles. The highest BCUT2D eigenvalue weighted by Crippen LogP contribution is 2.29. The van der Waals surface area contributed by atoms with Crippen LogP contribution in [0.15, 0.2) is 39.8 Å². The fourth-order valence-corrected chi connectivity index (χ4v) is 4.17. The van der Waals surface area contributed by atoms with Crippen molar-refractivity contribution >= 4 is 45.1 Å². The number of hydrogen-bond acceptors (Lipinski definition) is 6. The van der Waals surface area contributed by atoms with Crippen LogP contribution in [0, 0.1) is 5.92 Å². The van der Waals surface area contributed by atoms with Gasteiger partial charge < -0.3 is 14.5 Å². The molecule has 0 radical (unpaired) electrons. The van der Waals surface area contributed by atoms with E-state index in [2.05, 4.69) is 10.0 Å². The van der Waals surface area contributed by atoms with Gasteiger partial charge in [0.25, 0.3) is 5.91 Å². The molecule has 2 N–H and O–H groups in total. The fraction of sp³-hybridized carbons (Fsp3) is 0.333. The topological polar surface area (TPSA) is 115 Å². The molecule has 8 nitrogen and oxygen atoms in total. The largest absolute Gasteiger partial charge is 0.467 e. The molecule has 0 saturated heterocycles. The first-order valence-corrected chi connectivity index (χ1v) is 10.8. The maximum absolute atomic E-state index is 12.4. The molecular weight excluding hydrogens is 443 g/mol. The van der Waals surface area contributed by atoms with Crippen LogP contribution in [-0.2, 0) is 26.1 Å². The summed E-state index contributed by atoms with van der Waals surface area (Å²) in [6, 6.07) is 5.51. The lowest BCUT2D eigenvalue weighted by Gasteiger charge is -2.12. The lowest BCUT2D eigenvalue weighted by molar-refractivity contribution is -0.124. The first-order chi connectivity index (χ1) is 13.6. The summed E-state index contributed by atoms with van der Waals surface area (Å²) in [7, 11) is -3.96. The molecule has 0 fully saturated rings. The van der Waals surface area contributed by atoms with Crippen LogP contribution in [0.25, 0.3) is 0 Å². The van der Waals surface area contributed by atoms with Crippen molar-refractivity contribution in [2.24, 2.45) is 5.92 Å². The molecule has 0 atom stereocenters. The Bertz CT molecular complexity index is 974. The summed E-state index contributed by atoms with van der Waals surface area (Å²) in [5.41, 5.74) is -0.222. The van der Waals surface area contributed by atoms with E-state index in [1.54, 1.807) is 12.1 Å². The van der Waals surface area contributed by atoms with Crippen molar-refractivity contribution in [1.82, 2.24) is 10.0 Å². The summed E-state index contributed by atoms with van der Waals surface area (Å²) in [5.74, 6) is -0.916. The third-order valence-electron chi connectivity index (χ3n) is 3.59. The quantitative estimate of drug-likeness (QED) is 0.553. The lowest BCUT2D eigenvalue weighted by Crippen LogP contribution is -2.29. The Balaban J connectivity index is 2.06. The number of hydrogen-bond donors (Lipinski definition) is 2. The summed E-state index contributed by atoms with van der Waals surface area (Å²) in [4.78, 5) is 23.8. The Morgan fingerprint density at radius 2 is 1.93 bits per heavy atom. The highest BCUT2D eigenvalue weighted by molar-refractivity contribution is 7.89. The van der Waals surface area contributed by atoms with Crippen LogP contribution >= 0.6 is 23.2 Å². The number of ether oxygens (including phenoxy) is 1. The van der Waals surface area contributed by atoms with Crippen molar-refractivity contribution in [3.8, 4) is 0 Å². The van der Waals surface area contributed by atoms with Crippen LogP contribution in [0.1, 0.15) is 30.0 Å². The van der Waals surface area contributed by atoms with Crippen LogP contribution in [0.5, 0.6) is 0 Å². The Labute approximate surface area is 178 Å². The number of amides is 1. The number of carbonyl (C=O) groups is 2. The van der Waals surface area contributed by atoms with Gasteiger partial charge in [-0.3, -0.25) is 4.79 Å². The second-order valence-electron chi connectivity index (χ2n) is 6.44. The van der Waals surface area contributed by atoms with Gasteiger partial charge >= 0.3 is 5.97 Å². The van der Waals surface area contributed by atoms with E-state index < -0.39 is 28.5 Å². The second-order valence-corrected chi connectivity index (χ2v) is 8.99. The second kappa shape index (κ2) is 10.1. The van der Waals surface area contributed by atoms with Gasteiger partial charge in [0.05, 0.1) is 28.4 Å². The summed E-state index contributed by atoms with van der Waals surface area (Å²) >= 11 is 12.0. The van der Waals surface area contributed by atoms with Crippen LogP contribution in [0.3, 0.4) is 0 Å². The molecular formula is C18H20Cl2N2O6S. The molecule has 158 valence electrons. The third-order valence-corrected chi connectivity index (χ3v) is 5.79. The van der Waals surface area contributed by atoms with E-state index in [1.165, 1.54) is 6.26 Å². The van der Waals surface area contributed by atoms with E-state index >= 15 is 0 Å². The number of rotatable bonds is 9. The van der Waals surface area contributed by atoms with E-state index in [0.29, 0.717) is 5.76 Å². The van der Waals surface area contributed by atoms with Crippen LogP contribution < -0.4 is 10.0 Å².